The van der Waals surface area contributed by atoms with Gasteiger partial charge in [0.2, 0.25) is 15.9 Å². The van der Waals surface area contributed by atoms with Crippen LogP contribution in [0.4, 0.5) is 10.1 Å². The van der Waals surface area contributed by atoms with Gasteiger partial charge in [0.05, 0.1) is 17.0 Å². The first-order valence-corrected chi connectivity index (χ1v) is 11.2. The number of nitrogens with zero attached hydrogens (tertiary/aromatic N) is 2. The van der Waals surface area contributed by atoms with Crippen LogP contribution in [0.25, 0.3) is 0 Å². The highest BCUT2D eigenvalue weighted by molar-refractivity contribution is 7.92. The molecular weight excluding hydrogens is 403 g/mol. The number of halogens is 2. The summed E-state index contributed by atoms with van der Waals surface area (Å²) in [5, 5.41) is -0.194. The highest BCUT2D eigenvalue weighted by atomic mass is 35.5. The molecule has 2 aromatic rings. The van der Waals surface area contributed by atoms with Crippen molar-refractivity contribution in [2.24, 2.45) is 0 Å². The van der Waals surface area contributed by atoms with Crippen molar-refractivity contribution in [1.29, 1.82) is 0 Å². The molecule has 3 rings (SSSR count). The average molecular weight is 425 g/mol. The molecule has 0 fully saturated rings. The largest absolute Gasteiger partial charge is 0.336 e. The third kappa shape index (κ3) is 4.15. The Morgan fingerprint density at radius 1 is 1.25 bits per heavy atom. The lowest BCUT2D eigenvalue weighted by atomic mass is 9.99. The number of anilines is 1. The number of rotatable bonds is 5. The second-order valence-electron chi connectivity index (χ2n) is 6.86. The zero-order chi connectivity index (χ0) is 20.5. The lowest BCUT2D eigenvalue weighted by Crippen LogP contribution is -2.51. The highest BCUT2D eigenvalue weighted by Gasteiger charge is 2.35. The molecule has 0 radical (unpaired) electrons. The van der Waals surface area contributed by atoms with Gasteiger partial charge >= 0.3 is 0 Å². The lowest BCUT2D eigenvalue weighted by molar-refractivity contribution is -0.133. The molecule has 0 aromatic heterocycles. The van der Waals surface area contributed by atoms with Crippen LogP contribution in [0.15, 0.2) is 42.5 Å². The van der Waals surface area contributed by atoms with Gasteiger partial charge in [-0.05, 0) is 42.2 Å². The van der Waals surface area contributed by atoms with E-state index in [1.807, 2.05) is 24.3 Å². The molecule has 1 aliphatic heterocycles. The first-order valence-electron chi connectivity index (χ1n) is 9.02. The van der Waals surface area contributed by atoms with E-state index < -0.39 is 21.9 Å². The van der Waals surface area contributed by atoms with Crippen LogP contribution in [0, 0.1) is 5.82 Å². The van der Waals surface area contributed by atoms with E-state index in [1.165, 1.54) is 17.7 Å². The van der Waals surface area contributed by atoms with E-state index in [0.29, 0.717) is 13.1 Å². The van der Waals surface area contributed by atoms with E-state index >= 15 is 0 Å². The van der Waals surface area contributed by atoms with Crippen LogP contribution >= 0.6 is 11.6 Å². The molecule has 150 valence electrons. The maximum atomic E-state index is 13.6. The van der Waals surface area contributed by atoms with Crippen LogP contribution in [-0.4, -0.2) is 38.1 Å². The van der Waals surface area contributed by atoms with Crippen molar-refractivity contribution in [2.45, 2.75) is 32.4 Å². The molecule has 0 bridgehead atoms. The van der Waals surface area contributed by atoms with Crippen LogP contribution in [0.3, 0.4) is 0 Å². The lowest BCUT2D eigenvalue weighted by Gasteiger charge is -2.36. The zero-order valence-corrected chi connectivity index (χ0v) is 17.3. The minimum Gasteiger partial charge on any atom is -0.336 e. The van der Waals surface area contributed by atoms with Gasteiger partial charge in [-0.2, -0.15) is 0 Å². The van der Waals surface area contributed by atoms with E-state index in [-0.39, 0.29) is 23.0 Å². The van der Waals surface area contributed by atoms with Crippen molar-refractivity contribution in [2.75, 3.05) is 17.1 Å². The summed E-state index contributed by atoms with van der Waals surface area (Å²) in [5.74, 6) is -0.922. The molecule has 0 unspecified atom stereocenters. The van der Waals surface area contributed by atoms with Gasteiger partial charge in [-0.3, -0.25) is 9.10 Å². The van der Waals surface area contributed by atoms with Gasteiger partial charge in [0.25, 0.3) is 0 Å². The van der Waals surface area contributed by atoms with Crippen LogP contribution in [-0.2, 0) is 27.8 Å². The summed E-state index contributed by atoms with van der Waals surface area (Å²) in [6, 6.07) is 10.6. The Hall–Kier alpha value is -2.12. The molecule has 1 aliphatic rings. The van der Waals surface area contributed by atoms with Crippen LogP contribution in [0.1, 0.15) is 24.5 Å². The molecule has 0 aliphatic carbocycles. The monoisotopic (exact) mass is 424 g/mol. The Labute approximate surface area is 169 Å². The second-order valence-corrected chi connectivity index (χ2v) is 9.13. The third-order valence-electron chi connectivity index (χ3n) is 4.91. The summed E-state index contributed by atoms with van der Waals surface area (Å²) >= 11 is 5.85. The van der Waals surface area contributed by atoms with Gasteiger partial charge in [0, 0.05) is 13.1 Å². The van der Waals surface area contributed by atoms with Crippen molar-refractivity contribution in [3.63, 3.8) is 0 Å². The normalized spacial score (nSPS) is 15.1. The number of hydrogen-bond acceptors (Lipinski definition) is 3. The summed E-state index contributed by atoms with van der Waals surface area (Å²) < 4.78 is 39.7. The third-order valence-corrected chi connectivity index (χ3v) is 6.38. The van der Waals surface area contributed by atoms with E-state index in [0.717, 1.165) is 28.6 Å². The maximum absolute atomic E-state index is 13.6. The first-order chi connectivity index (χ1) is 13.2. The summed E-state index contributed by atoms with van der Waals surface area (Å²) in [6.45, 7) is 2.71. The molecule has 2 aromatic carbocycles. The highest BCUT2D eigenvalue weighted by Crippen LogP contribution is 2.29. The molecule has 0 N–H and O–H groups in total. The Balaban J connectivity index is 1.94. The molecule has 28 heavy (non-hydrogen) atoms. The number of hydrogen-bond donors (Lipinski definition) is 0. The summed E-state index contributed by atoms with van der Waals surface area (Å²) in [6.07, 6.45) is 2.03. The summed E-state index contributed by atoms with van der Waals surface area (Å²) in [5.41, 5.74) is 2.43. The molecule has 8 heteroatoms. The fraction of sp³-hybridized carbons (Fsp3) is 0.350. The molecule has 5 nitrogen and oxygen atoms in total. The van der Waals surface area contributed by atoms with Gasteiger partial charge < -0.3 is 4.90 Å². The molecule has 0 spiro atoms. The van der Waals surface area contributed by atoms with Gasteiger partial charge in [0.15, 0.2) is 0 Å². The Morgan fingerprint density at radius 3 is 2.54 bits per heavy atom. The zero-order valence-electron chi connectivity index (χ0n) is 15.7. The number of amides is 1. The maximum Gasteiger partial charge on any atom is 0.246 e. The van der Waals surface area contributed by atoms with Crippen LogP contribution < -0.4 is 4.31 Å². The molecule has 1 amide bonds. The van der Waals surface area contributed by atoms with E-state index in [1.54, 1.807) is 11.8 Å². The minimum atomic E-state index is -3.80. The Kier molecular flexibility index (Phi) is 5.95. The first kappa shape index (κ1) is 20.6. The standard InChI is InChI=1S/C20H22ClFN2O3S/c1-3-19(20(25)23-11-10-14-6-4-5-7-15(14)13-23)24(28(2,26)27)16-8-9-18(22)17(21)12-16/h4-9,12,19H,3,10-11,13H2,1-2H3/t19-/m1/s1. The summed E-state index contributed by atoms with van der Waals surface area (Å²) in [4.78, 5) is 14.9. The van der Waals surface area contributed by atoms with Crippen molar-refractivity contribution in [3.8, 4) is 0 Å². The van der Waals surface area contributed by atoms with Gasteiger partial charge in [-0.15, -0.1) is 0 Å². The van der Waals surface area contributed by atoms with E-state index in [2.05, 4.69) is 0 Å². The smallest absolute Gasteiger partial charge is 0.246 e. The molecular formula is C20H22ClFN2O3S. The van der Waals surface area contributed by atoms with Gasteiger partial charge in [-0.1, -0.05) is 42.8 Å². The molecule has 0 saturated carbocycles. The number of sulfonamides is 1. The van der Waals surface area contributed by atoms with Gasteiger partial charge in [0.1, 0.15) is 11.9 Å². The molecule has 1 heterocycles. The number of carbonyl (C=O) groups is 1. The predicted octanol–water partition coefficient (Wildman–Crippen LogP) is 3.61. The number of benzene rings is 2. The number of carbonyl (C=O) groups excluding carboxylic acids is 1. The molecule has 0 saturated heterocycles. The second kappa shape index (κ2) is 8.09. The number of fused-ring (bicyclic) bond motifs is 1. The average Bonchev–Trinajstić information content (AvgIpc) is 2.66. The Bertz CT molecular complexity index is 997. The SMILES string of the molecule is CC[C@H](C(=O)N1CCc2ccccc2C1)N(c1ccc(F)c(Cl)c1)S(C)(=O)=O. The minimum absolute atomic E-state index is 0.173. The predicted molar refractivity (Wildman–Crippen MR) is 108 cm³/mol. The van der Waals surface area contributed by atoms with Crippen LogP contribution in [0.2, 0.25) is 5.02 Å². The van der Waals surface area contributed by atoms with Crippen molar-refractivity contribution >= 4 is 33.2 Å². The molecule has 1 atom stereocenters. The van der Waals surface area contributed by atoms with Gasteiger partial charge in [-0.25, -0.2) is 12.8 Å². The van der Waals surface area contributed by atoms with Crippen molar-refractivity contribution in [1.82, 2.24) is 4.90 Å². The quantitative estimate of drug-likeness (QED) is 0.736. The van der Waals surface area contributed by atoms with Crippen molar-refractivity contribution in [3.05, 3.63) is 64.4 Å². The van der Waals surface area contributed by atoms with Crippen LogP contribution in [0.5, 0.6) is 0 Å². The fourth-order valence-corrected chi connectivity index (χ4v) is 4.93. The topological polar surface area (TPSA) is 57.7 Å². The fourth-order valence-electron chi connectivity index (χ4n) is 3.56. The summed E-state index contributed by atoms with van der Waals surface area (Å²) in [7, 11) is -3.80. The van der Waals surface area contributed by atoms with E-state index in [9.17, 15) is 17.6 Å². The van der Waals surface area contributed by atoms with Crippen molar-refractivity contribution < 1.29 is 17.6 Å². The van der Waals surface area contributed by atoms with E-state index in [4.69, 9.17) is 11.6 Å². The Morgan fingerprint density at radius 2 is 1.93 bits per heavy atom.